The molecule has 2 aliphatic rings. The Morgan fingerprint density at radius 3 is 2.81 bits per heavy atom. The summed E-state index contributed by atoms with van der Waals surface area (Å²) in [6, 6.07) is 0.145. The minimum absolute atomic E-state index is 0.0718. The first kappa shape index (κ1) is 11.9. The van der Waals surface area contributed by atoms with Crippen LogP contribution >= 0.6 is 0 Å². The molecular formula is C12H22N2O2. The fourth-order valence-corrected chi connectivity index (χ4v) is 2.74. The molecule has 0 radical (unpaired) electrons. The van der Waals surface area contributed by atoms with Crippen molar-refractivity contribution in [3.8, 4) is 0 Å². The van der Waals surface area contributed by atoms with Crippen LogP contribution in [0.4, 0.5) is 0 Å². The molecule has 2 saturated heterocycles. The number of nitrogens with zero attached hydrogens (tertiary/aromatic N) is 1. The molecule has 2 N–H and O–H groups in total. The van der Waals surface area contributed by atoms with Crippen molar-refractivity contribution in [1.29, 1.82) is 0 Å². The van der Waals surface area contributed by atoms with Gasteiger partial charge >= 0.3 is 0 Å². The first-order valence-corrected chi connectivity index (χ1v) is 6.29. The van der Waals surface area contributed by atoms with Gasteiger partial charge in [-0.05, 0) is 18.8 Å². The van der Waals surface area contributed by atoms with Gasteiger partial charge in [0.15, 0.2) is 0 Å². The van der Waals surface area contributed by atoms with E-state index in [0.29, 0.717) is 12.5 Å². The van der Waals surface area contributed by atoms with Crippen LogP contribution < -0.4 is 5.73 Å². The smallest absolute Gasteiger partial charge is 0.228 e. The molecule has 2 aliphatic heterocycles. The lowest BCUT2D eigenvalue weighted by atomic mass is 9.98. The third kappa shape index (κ3) is 2.09. The zero-order valence-corrected chi connectivity index (χ0v) is 10.2. The van der Waals surface area contributed by atoms with Crippen molar-refractivity contribution in [1.82, 2.24) is 4.90 Å². The molecule has 4 nitrogen and oxygen atoms in total. The zero-order valence-electron chi connectivity index (χ0n) is 10.2. The maximum atomic E-state index is 12.3. The van der Waals surface area contributed by atoms with Gasteiger partial charge in [0.05, 0.1) is 12.0 Å². The van der Waals surface area contributed by atoms with Gasteiger partial charge in [-0.25, -0.2) is 0 Å². The molecule has 0 aromatic carbocycles. The van der Waals surface area contributed by atoms with Gasteiger partial charge in [0, 0.05) is 25.7 Å². The van der Waals surface area contributed by atoms with Crippen molar-refractivity contribution >= 4 is 5.91 Å². The van der Waals surface area contributed by atoms with Crippen LogP contribution in [-0.4, -0.2) is 42.6 Å². The Balaban J connectivity index is 1.97. The molecule has 2 heterocycles. The number of carbonyl (C=O) groups excluding carboxylic acids is 1. The molecular weight excluding hydrogens is 204 g/mol. The molecule has 0 aromatic heterocycles. The van der Waals surface area contributed by atoms with Crippen LogP contribution in [0.5, 0.6) is 0 Å². The van der Waals surface area contributed by atoms with Gasteiger partial charge in [-0.2, -0.15) is 0 Å². The second-order valence-electron chi connectivity index (χ2n) is 5.10. The fraction of sp³-hybridized carbons (Fsp3) is 0.917. The minimum atomic E-state index is 0.0718. The van der Waals surface area contributed by atoms with E-state index in [9.17, 15) is 4.79 Å². The highest BCUT2D eigenvalue weighted by atomic mass is 16.5. The molecule has 4 heteroatoms. The van der Waals surface area contributed by atoms with Crippen LogP contribution in [0.3, 0.4) is 0 Å². The first-order chi connectivity index (χ1) is 7.63. The van der Waals surface area contributed by atoms with Crippen molar-refractivity contribution in [3.63, 3.8) is 0 Å². The summed E-state index contributed by atoms with van der Waals surface area (Å²) in [5.41, 5.74) is 5.95. The number of hydrogen-bond acceptors (Lipinski definition) is 3. The van der Waals surface area contributed by atoms with E-state index in [0.717, 1.165) is 26.0 Å². The summed E-state index contributed by atoms with van der Waals surface area (Å²) < 4.78 is 5.57. The lowest BCUT2D eigenvalue weighted by Gasteiger charge is -2.23. The molecule has 0 aliphatic carbocycles. The molecule has 16 heavy (non-hydrogen) atoms. The Kier molecular flexibility index (Phi) is 3.50. The van der Waals surface area contributed by atoms with Crippen LogP contribution in [0, 0.1) is 11.8 Å². The molecule has 0 spiro atoms. The van der Waals surface area contributed by atoms with Crippen LogP contribution in [0.2, 0.25) is 0 Å². The number of amides is 1. The summed E-state index contributed by atoms with van der Waals surface area (Å²) in [6.07, 6.45) is 1.92. The average molecular weight is 226 g/mol. The lowest BCUT2D eigenvalue weighted by Crippen LogP contribution is -2.39. The quantitative estimate of drug-likeness (QED) is 0.750. The Morgan fingerprint density at radius 2 is 2.25 bits per heavy atom. The Labute approximate surface area is 97.1 Å². The van der Waals surface area contributed by atoms with Crippen molar-refractivity contribution in [3.05, 3.63) is 0 Å². The highest BCUT2D eigenvalue weighted by Crippen LogP contribution is 2.27. The molecule has 2 rings (SSSR count). The topological polar surface area (TPSA) is 55.6 Å². The van der Waals surface area contributed by atoms with Gasteiger partial charge in [-0.15, -0.1) is 0 Å². The van der Waals surface area contributed by atoms with Gasteiger partial charge in [0.25, 0.3) is 0 Å². The monoisotopic (exact) mass is 226 g/mol. The van der Waals surface area contributed by atoms with E-state index in [-0.39, 0.29) is 24.0 Å². The number of nitrogens with two attached hydrogens (primary N) is 1. The van der Waals surface area contributed by atoms with Crippen LogP contribution in [0.1, 0.15) is 26.7 Å². The van der Waals surface area contributed by atoms with Crippen LogP contribution in [-0.2, 0) is 9.53 Å². The van der Waals surface area contributed by atoms with Crippen molar-refractivity contribution in [2.75, 3.05) is 19.7 Å². The number of rotatable bonds is 2. The highest BCUT2D eigenvalue weighted by Gasteiger charge is 2.39. The third-order valence-electron chi connectivity index (χ3n) is 3.91. The standard InChI is InChI=1S/C12H22N2O2/c1-3-11-9(4-5-16-11)12(15)14-6-8(2)10(13)7-14/h8-11H,3-7,13H2,1-2H3. The third-order valence-corrected chi connectivity index (χ3v) is 3.91. The first-order valence-electron chi connectivity index (χ1n) is 6.29. The highest BCUT2D eigenvalue weighted by molar-refractivity contribution is 5.80. The molecule has 2 fully saturated rings. The maximum Gasteiger partial charge on any atom is 0.228 e. The second kappa shape index (κ2) is 4.72. The van der Waals surface area contributed by atoms with E-state index in [1.54, 1.807) is 0 Å². The normalized spacial score (nSPS) is 39.3. The number of hydrogen-bond donors (Lipinski definition) is 1. The summed E-state index contributed by atoms with van der Waals surface area (Å²) >= 11 is 0. The van der Waals surface area contributed by atoms with Gasteiger partial charge < -0.3 is 15.4 Å². The predicted molar refractivity (Wildman–Crippen MR) is 61.9 cm³/mol. The van der Waals surface area contributed by atoms with Crippen molar-refractivity contribution in [2.24, 2.45) is 17.6 Å². The fourth-order valence-electron chi connectivity index (χ4n) is 2.74. The summed E-state index contributed by atoms with van der Waals surface area (Å²) in [4.78, 5) is 14.2. The summed E-state index contributed by atoms with van der Waals surface area (Å²) in [5, 5.41) is 0. The largest absolute Gasteiger partial charge is 0.377 e. The summed E-state index contributed by atoms with van der Waals surface area (Å²) in [7, 11) is 0. The maximum absolute atomic E-state index is 12.3. The van der Waals surface area contributed by atoms with E-state index in [4.69, 9.17) is 10.5 Å². The number of ether oxygens (including phenoxy) is 1. The Morgan fingerprint density at radius 1 is 1.50 bits per heavy atom. The van der Waals surface area contributed by atoms with E-state index >= 15 is 0 Å². The molecule has 0 saturated carbocycles. The van der Waals surface area contributed by atoms with Gasteiger partial charge in [-0.1, -0.05) is 13.8 Å². The van der Waals surface area contributed by atoms with Gasteiger partial charge in [0.2, 0.25) is 5.91 Å². The van der Waals surface area contributed by atoms with E-state index in [1.807, 2.05) is 4.90 Å². The van der Waals surface area contributed by atoms with E-state index in [2.05, 4.69) is 13.8 Å². The lowest BCUT2D eigenvalue weighted by molar-refractivity contribution is -0.136. The van der Waals surface area contributed by atoms with Crippen LogP contribution in [0.25, 0.3) is 0 Å². The SMILES string of the molecule is CCC1OCCC1C(=O)N1CC(C)C(N)C1. The van der Waals surface area contributed by atoms with Crippen molar-refractivity contribution in [2.45, 2.75) is 38.8 Å². The minimum Gasteiger partial charge on any atom is -0.377 e. The second-order valence-corrected chi connectivity index (χ2v) is 5.10. The van der Waals surface area contributed by atoms with E-state index in [1.165, 1.54) is 0 Å². The Bertz CT molecular complexity index is 260. The zero-order chi connectivity index (χ0) is 11.7. The molecule has 0 bridgehead atoms. The average Bonchev–Trinajstić information content (AvgIpc) is 2.85. The number of likely N-dealkylation sites (tertiary alicyclic amines) is 1. The molecule has 4 atom stereocenters. The van der Waals surface area contributed by atoms with E-state index < -0.39 is 0 Å². The number of carbonyl (C=O) groups is 1. The van der Waals surface area contributed by atoms with Crippen molar-refractivity contribution < 1.29 is 9.53 Å². The molecule has 0 aromatic rings. The molecule has 4 unspecified atom stereocenters. The van der Waals surface area contributed by atoms with Gasteiger partial charge in [-0.3, -0.25) is 4.79 Å². The molecule has 92 valence electrons. The predicted octanol–water partition coefficient (Wildman–Crippen LogP) is 0.607. The summed E-state index contributed by atoms with van der Waals surface area (Å²) in [5.74, 6) is 0.748. The summed E-state index contributed by atoms with van der Waals surface area (Å²) in [6.45, 7) is 6.44. The van der Waals surface area contributed by atoms with Gasteiger partial charge in [0.1, 0.15) is 0 Å². The van der Waals surface area contributed by atoms with Crippen LogP contribution in [0.15, 0.2) is 0 Å². The Hall–Kier alpha value is -0.610. The molecule has 1 amide bonds.